The normalized spacial score (nSPS) is 11.7. The summed E-state index contributed by atoms with van der Waals surface area (Å²) in [6.07, 6.45) is 1.77. The molecule has 1 atom stereocenters. The third-order valence-corrected chi connectivity index (χ3v) is 3.09. The second kappa shape index (κ2) is 6.19. The van der Waals surface area contributed by atoms with Crippen molar-refractivity contribution in [2.75, 3.05) is 6.26 Å². The largest absolute Gasteiger partial charge is 0.480 e. The molecule has 0 fully saturated rings. The van der Waals surface area contributed by atoms with Gasteiger partial charge in [0.1, 0.15) is 11.6 Å². The number of carbonyl (C=O) groups excluding carboxylic acids is 1. The van der Waals surface area contributed by atoms with Gasteiger partial charge in [-0.25, -0.2) is 0 Å². The van der Waals surface area contributed by atoms with Gasteiger partial charge in [0.05, 0.1) is 4.92 Å². The molecule has 0 aliphatic heterocycles. The predicted octanol–water partition coefficient (Wildman–Crippen LogP) is 1.52. The fraction of sp³-hybridized carbons (Fsp3) is 0.273. The third kappa shape index (κ3) is 3.68. The Hall–Kier alpha value is -2.09. The van der Waals surface area contributed by atoms with E-state index in [1.54, 1.807) is 6.26 Å². The number of benzene rings is 1. The van der Waals surface area contributed by atoms with E-state index in [-0.39, 0.29) is 11.3 Å². The van der Waals surface area contributed by atoms with Crippen molar-refractivity contribution in [2.45, 2.75) is 17.9 Å². The zero-order valence-electron chi connectivity index (χ0n) is 10.2. The molecule has 0 aliphatic carbocycles. The molecule has 8 heteroatoms. The Bertz CT molecular complexity index is 532. The van der Waals surface area contributed by atoms with Crippen molar-refractivity contribution in [3.05, 3.63) is 33.9 Å². The van der Waals surface area contributed by atoms with Crippen LogP contribution in [0.4, 0.5) is 5.69 Å². The summed E-state index contributed by atoms with van der Waals surface area (Å²) in [5.41, 5.74) is -0.502. The monoisotopic (exact) mass is 284 g/mol. The number of amides is 1. The number of aliphatic carboxylic acids is 1. The SMILES string of the molecule is CSc1ccc([N+](=O)[O-])c(C(=O)N[C@@H](C)C(=O)O)c1. The first-order chi connectivity index (χ1) is 8.86. The number of hydrogen-bond donors (Lipinski definition) is 2. The fourth-order valence-corrected chi connectivity index (χ4v) is 1.76. The number of carboxylic acid groups (broad SMARTS) is 1. The van der Waals surface area contributed by atoms with E-state index in [9.17, 15) is 19.7 Å². The topological polar surface area (TPSA) is 110 Å². The van der Waals surface area contributed by atoms with Crippen molar-refractivity contribution < 1.29 is 19.6 Å². The van der Waals surface area contributed by atoms with Crippen LogP contribution in [0.3, 0.4) is 0 Å². The first-order valence-corrected chi connectivity index (χ1v) is 6.45. The van der Waals surface area contributed by atoms with Crippen LogP contribution in [-0.4, -0.2) is 34.2 Å². The zero-order valence-corrected chi connectivity index (χ0v) is 11.1. The summed E-state index contributed by atoms with van der Waals surface area (Å²) < 4.78 is 0. The highest BCUT2D eigenvalue weighted by Crippen LogP contribution is 2.24. The number of nitro groups is 1. The summed E-state index contributed by atoms with van der Waals surface area (Å²) in [6.45, 7) is 1.28. The van der Waals surface area contributed by atoms with E-state index >= 15 is 0 Å². The van der Waals surface area contributed by atoms with Crippen LogP contribution in [0.5, 0.6) is 0 Å². The van der Waals surface area contributed by atoms with Crippen LogP contribution < -0.4 is 5.32 Å². The van der Waals surface area contributed by atoms with Gasteiger partial charge in [0, 0.05) is 11.0 Å². The Morgan fingerprint density at radius 3 is 2.58 bits per heavy atom. The number of nitrogens with zero attached hydrogens (tertiary/aromatic N) is 1. The molecule has 0 aromatic heterocycles. The van der Waals surface area contributed by atoms with Crippen LogP contribution in [-0.2, 0) is 4.79 Å². The Labute approximate surface area is 113 Å². The number of hydrogen-bond acceptors (Lipinski definition) is 5. The highest BCUT2D eigenvalue weighted by molar-refractivity contribution is 7.98. The number of nitro benzene ring substituents is 1. The molecule has 0 saturated heterocycles. The van der Waals surface area contributed by atoms with Gasteiger partial charge in [0.15, 0.2) is 0 Å². The Kier molecular flexibility index (Phi) is 4.87. The molecule has 0 bridgehead atoms. The minimum atomic E-state index is -1.21. The van der Waals surface area contributed by atoms with Gasteiger partial charge in [-0.2, -0.15) is 0 Å². The first-order valence-electron chi connectivity index (χ1n) is 5.23. The fourth-order valence-electron chi connectivity index (χ4n) is 1.32. The number of nitrogens with one attached hydrogen (secondary N) is 1. The van der Waals surface area contributed by atoms with E-state index in [2.05, 4.69) is 5.32 Å². The van der Waals surface area contributed by atoms with E-state index in [1.165, 1.54) is 36.9 Å². The lowest BCUT2D eigenvalue weighted by atomic mass is 10.1. The highest BCUT2D eigenvalue weighted by Gasteiger charge is 2.23. The molecule has 0 aliphatic rings. The summed E-state index contributed by atoms with van der Waals surface area (Å²) in [6, 6.07) is 3.00. The van der Waals surface area contributed by atoms with Gasteiger partial charge in [-0.05, 0) is 25.3 Å². The Morgan fingerprint density at radius 1 is 1.47 bits per heavy atom. The number of thioether (sulfide) groups is 1. The van der Waals surface area contributed by atoms with Crippen molar-refractivity contribution in [2.24, 2.45) is 0 Å². The Morgan fingerprint density at radius 2 is 2.11 bits per heavy atom. The molecule has 1 aromatic carbocycles. The maximum absolute atomic E-state index is 11.9. The Balaban J connectivity index is 3.12. The van der Waals surface area contributed by atoms with Crippen molar-refractivity contribution in [1.82, 2.24) is 5.32 Å². The summed E-state index contributed by atoms with van der Waals surface area (Å²) in [7, 11) is 0. The van der Waals surface area contributed by atoms with Crippen LogP contribution in [0.2, 0.25) is 0 Å². The van der Waals surface area contributed by atoms with E-state index in [0.29, 0.717) is 4.90 Å². The van der Waals surface area contributed by atoms with Crippen molar-refractivity contribution in [3.8, 4) is 0 Å². The van der Waals surface area contributed by atoms with E-state index in [1.807, 2.05) is 0 Å². The molecule has 0 heterocycles. The summed E-state index contributed by atoms with van der Waals surface area (Å²) in [5, 5.41) is 21.7. The molecule has 102 valence electrons. The molecule has 2 N–H and O–H groups in total. The molecule has 7 nitrogen and oxygen atoms in total. The molecule has 0 spiro atoms. The lowest BCUT2D eigenvalue weighted by molar-refractivity contribution is -0.385. The van der Waals surface area contributed by atoms with Gasteiger partial charge in [-0.15, -0.1) is 11.8 Å². The standard InChI is InChI=1S/C11H12N2O5S/c1-6(11(15)16)12-10(14)8-5-7(19-2)3-4-9(8)13(17)18/h3-6H,1-2H3,(H,12,14)(H,15,16)/t6-/m0/s1. The van der Waals surface area contributed by atoms with E-state index in [0.717, 1.165) is 0 Å². The average Bonchev–Trinajstić information content (AvgIpc) is 2.37. The third-order valence-electron chi connectivity index (χ3n) is 2.36. The summed E-state index contributed by atoms with van der Waals surface area (Å²) >= 11 is 1.33. The van der Waals surface area contributed by atoms with Gasteiger partial charge >= 0.3 is 5.97 Å². The van der Waals surface area contributed by atoms with Crippen molar-refractivity contribution in [3.63, 3.8) is 0 Å². The van der Waals surface area contributed by atoms with Crippen LogP contribution >= 0.6 is 11.8 Å². The number of carboxylic acids is 1. The summed E-state index contributed by atoms with van der Waals surface area (Å²) in [4.78, 5) is 33.4. The van der Waals surface area contributed by atoms with Crippen molar-refractivity contribution in [1.29, 1.82) is 0 Å². The second-order valence-corrected chi connectivity index (χ2v) is 4.55. The molecule has 1 aromatic rings. The van der Waals surface area contributed by atoms with Crippen LogP contribution in [0.1, 0.15) is 17.3 Å². The van der Waals surface area contributed by atoms with E-state index in [4.69, 9.17) is 5.11 Å². The van der Waals surface area contributed by atoms with Crippen molar-refractivity contribution >= 4 is 29.3 Å². The summed E-state index contributed by atoms with van der Waals surface area (Å²) in [5.74, 6) is -1.99. The molecule has 0 unspecified atom stereocenters. The smallest absolute Gasteiger partial charge is 0.325 e. The predicted molar refractivity (Wildman–Crippen MR) is 69.4 cm³/mol. The maximum atomic E-state index is 11.9. The van der Waals surface area contributed by atoms with Gasteiger partial charge in [0.25, 0.3) is 11.6 Å². The van der Waals surface area contributed by atoms with Gasteiger partial charge < -0.3 is 10.4 Å². The molecular formula is C11H12N2O5S. The lowest BCUT2D eigenvalue weighted by Crippen LogP contribution is -2.38. The van der Waals surface area contributed by atoms with Gasteiger partial charge in [-0.3, -0.25) is 19.7 Å². The number of carbonyl (C=O) groups is 2. The highest BCUT2D eigenvalue weighted by atomic mass is 32.2. The van der Waals surface area contributed by atoms with Crippen LogP contribution in [0.25, 0.3) is 0 Å². The van der Waals surface area contributed by atoms with Gasteiger partial charge in [-0.1, -0.05) is 0 Å². The molecule has 1 amide bonds. The van der Waals surface area contributed by atoms with Crippen LogP contribution in [0.15, 0.2) is 23.1 Å². The zero-order chi connectivity index (χ0) is 14.6. The number of rotatable bonds is 5. The minimum absolute atomic E-state index is 0.148. The molecule has 19 heavy (non-hydrogen) atoms. The molecule has 0 radical (unpaired) electrons. The molecular weight excluding hydrogens is 272 g/mol. The van der Waals surface area contributed by atoms with Gasteiger partial charge in [0.2, 0.25) is 0 Å². The quantitative estimate of drug-likeness (QED) is 0.482. The first kappa shape index (κ1) is 15.0. The average molecular weight is 284 g/mol. The minimum Gasteiger partial charge on any atom is -0.480 e. The molecule has 0 saturated carbocycles. The molecule has 1 rings (SSSR count). The van der Waals surface area contributed by atoms with Crippen LogP contribution in [0, 0.1) is 10.1 Å². The lowest BCUT2D eigenvalue weighted by Gasteiger charge is -2.10. The van der Waals surface area contributed by atoms with E-state index < -0.39 is 22.8 Å². The maximum Gasteiger partial charge on any atom is 0.325 e. The second-order valence-electron chi connectivity index (χ2n) is 3.67.